The molecule has 0 aliphatic carbocycles. The average Bonchev–Trinajstić information content (AvgIpc) is 2.08. The summed E-state index contributed by atoms with van der Waals surface area (Å²) in [4.78, 5) is -4.34. The van der Waals surface area contributed by atoms with E-state index in [0.29, 0.717) is 0 Å². The van der Waals surface area contributed by atoms with Crippen LogP contribution in [0.1, 0.15) is 0 Å². The third kappa shape index (κ3) is 3.15. The molecule has 0 saturated carbocycles. The molecule has 134 valence electrons. The molecule has 0 saturated heterocycles. The molecule has 0 N–H and O–H groups in total. The summed E-state index contributed by atoms with van der Waals surface area (Å²) in [5.41, 5.74) is 0. The molecule has 22 heavy (non-hydrogen) atoms. The summed E-state index contributed by atoms with van der Waals surface area (Å²) < 4.78 is 180. The van der Waals surface area contributed by atoms with Crippen LogP contribution in [0.2, 0.25) is 0 Å². The molecule has 0 aliphatic heterocycles. The van der Waals surface area contributed by atoms with Crippen molar-refractivity contribution in [3.05, 3.63) is 0 Å². The fourth-order valence-electron chi connectivity index (χ4n) is 0.969. The quantitative estimate of drug-likeness (QED) is 0.511. The van der Waals surface area contributed by atoms with Crippen molar-refractivity contribution in [2.45, 2.75) is 36.7 Å². The lowest BCUT2D eigenvalue weighted by atomic mass is 10.1. The summed E-state index contributed by atoms with van der Waals surface area (Å²) in [5.74, 6) is -16.0. The second-order valence-corrected chi connectivity index (χ2v) is 3.46. The minimum absolute atomic E-state index is 4.34. The van der Waals surface area contributed by atoms with E-state index in [9.17, 15) is 65.9 Å². The third-order valence-corrected chi connectivity index (χ3v) is 1.92. The van der Waals surface area contributed by atoms with E-state index in [-0.39, 0.29) is 0 Å². The predicted molar refractivity (Wildman–Crippen MR) is 34.8 cm³/mol. The Bertz CT molecular complexity index is 382. The Kier molecular flexibility index (Phi) is 4.71. The highest BCUT2D eigenvalue weighted by Gasteiger charge is 2.87. The van der Waals surface area contributed by atoms with Gasteiger partial charge in [0, 0.05) is 0 Å². The van der Waals surface area contributed by atoms with Gasteiger partial charge in [-0.05, 0) is 0 Å². The summed E-state index contributed by atoms with van der Waals surface area (Å²) in [6, 6.07) is -8.00. The summed E-state index contributed by atoms with van der Waals surface area (Å²) in [6.07, 6.45) is -22.4. The van der Waals surface area contributed by atoms with Gasteiger partial charge in [0.2, 0.25) is 0 Å². The van der Waals surface area contributed by atoms with Crippen LogP contribution in [0.15, 0.2) is 0 Å². The van der Waals surface area contributed by atoms with Gasteiger partial charge in [0.25, 0.3) is 0 Å². The molecule has 0 aromatic carbocycles. The van der Waals surface area contributed by atoms with Gasteiger partial charge in [-0.3, -0.25) is 0 Å². The fraction of sp³-hybridized carbons (Fsp3) is 1.00. The molecule has 0 unspecified atom stereocenters. The topological polar surface area (TPSA) is 3.24 Å². The van der Waals surface area contributed by atoms with Gasteiger partial charge in [0.1, 0.15) is 0 Å². The van der Waals surface area contributed by atoms with Crippen molar-refractivity contribution in [3.8, 4) is 0 Å². The highest BCUT2D eigenvalue weighted by Crippen LogP contribution is 2.57. The lowest BCUT2D eigenvalue weighted by molar-refractivity contribution is -0.498. The van der Waals surface area contributed by atoms with E-state index in [1.165, 1.54) is 0 Å². The van der Waals surface area contributed by atoms with E-state index >= 15 is 0 Å². The maximum Gasteiger partial charge on any atom is 0.472 e. The van der Waals surface area contributed by atoms with Crippen LogP contribution in [-0.4, -0.2) is 41.6 Å². The van der Waals surface area contributed by atoms with Crippen molar-refractivity contribution >= 4 is 0 Å². The highest BCUT2D eigenvalue weighted by molar-refractivity contribution is 5.01. The Balaban J connectivity index is 6.30. The average molecular weight is 371 g/mol. The monoisotopic (exact) mass is 371 g/mol. The van der Waals surface area contributed by atoms with Gasteiger partial charge in [-0.1, -0.05) is 4.90 Å². The van der Waals surface area contributed by atoms with Crippen molar-refractivity contribution in [3.63, 3.8) is 0 Å². The summed E-state index contributed by atoms with van der Waals surface area (Å²) in [5, 5.41) is 0. The molecule has 0 radical (unpaired) electrons. The summed E-state index contributed by atoms with van der Waals surface area (Å²) in [6.45, 7) is 0. The van der Waals surface area contributed by atoms with Crippen molar-refractivity contribution in [2.75, 3.05) is 0 Å². The molecule has 0 aromatic heterocycles. The Morgan fingerprint density at radius 1 is 0.409 bits per heavy atom. The van der Waals surface area contributed by atoms with E-state index in [2.05, 4.69) is 0 Å². The standard InChI is InChI=1S/C6F15N/c7-1(8,3(11,12)13)2(9,10)4(14,15)22(5(16,17)18)6(19,20)21. The maximum absolute atomic E-state index is 12.6. The molecule has 0 spiro atoms. The Morgan fingerprint density at radius 2 is 0.682 bits per heavy atom. The van der Waals surface area contributed by atoms with E-state index in [0.717, 1.165) is 0 Å². The molecule has 0 heterocycles. The second kappa shape index (κ2) is 4.95. The van der Waals surface area contributed by atoms with Crippen LogP contribution in [0.4, 0.5) is 65.9 Å². The van der Waals surface area contributed by atoms with Crippen molar-refractivity contribution in [1.29, 1.82) is 0 Å². The van der Waals surface area contributed by atoms with Gasteiger partial charge in [0.05, 0.1) is 0 Å². The first-order valence-corrected chi connectivity index (χ1v) is 4.26. The molecule has 0 bridgehead atoms. The van der Waals surface area contributed by atoms with Gasteiger partial charge in [0.15, 0.2) is 0 Å². The number of halogens is 15. The maximum atomic E-state index is 12.6. The molecule has 0 rings (SSSR count). The van der Waals surface area contributed by atoms with Crippen LogP contribution in [-0.2, 0) is 0 Å². The van der Waals surface area contributed by atoms with Gasteiger partial charge in [-0.25, -0.2) is 0 Å². The minimum atomic E-state index is -8.09. The van der Waals surface area contributed by atoms with Gasteiger partial charge < -0.3 is 0 Å². The molecule has 16 heteroatoms. The number of nitrogens with zero attached hydrogens (tertiary/aromatic N) is 1. The number of hydrogen-bond donors (Lipinski definition) is 0. The molecule has 0 amide bonds. The van der Waals surface area contributed by atoms with E-state index in [1.54, 1.807) is 0 Å². The second-order valence-electron chi connectivity index (χ2n) is 3.46. The zero-order chi connectivity index (χ0) is 18.6. The molecule has 0 aromatic rings. The third-order valence-electron chi connectivity index (χ3n) is 1.92. The smallest absolute Gasteiger partial charge is 0.191 e. The van der Waals surface area contributed by atoms with Crippen molar-refractivity contribution in [1.82, 2.24) is 4.90 Å². The van der Waals surface area contributed by atoms with E-state index < -0.39 is 41.6 Å². The molecular weight excluding hydrogens is 371 g/mol. The summed E-state index contributed by atoms with van der Waals surface area (Å²) in [7, 11) is 0. The van der Waals surface area contributed by atoms with Gasteiger partial charge in [-0.15, -0.1) is 0 Å². The zero-order valence-corrected chi connectivity index (χ0v) is 9.12. The molecule has 0 fully saturated rings. The van der Waals surface area contributed by atoms with Crippen LogP contribution in [0.25, 0.3) is 0 Å². The predicted octanol–water partition coefficient (Wildman–Crippen LogP) is 4.75. The van der Waals surface area contributed by atoms with Crippen molar-refractivity contribution < 1.29 is 65.9 Å². The van der Waals surface area contributed by atoms with E-state index in [1.807, 2.05) is 0 Å². The first-order valence-electron chi connectivity index (χ1n) is 4.26. The lowest BCUT2D eigenvalue weighted by Gasteiger charge is -2.40. The first-order chi connectivity index (χ1) is 9.12. The fourth-order valence-corrected chi connectivity index (χ4v) is 0.969. The van der Waals surface area contributed by atoms with Gasteiger partial charge >= 0.3 is 36.7 Å². The molecule has 1 nitrogen and oxygen atoms in total. The normalized spacial score (nSPS) is 16.4. The zero-order valence-electron chi connectivity index (χ0n) is 9.12. The number of alkyl halides is 15. The van der Waals surface area contributed by atoms with E-state index in [4.69, 9.17) is 0 Å². The van der Waals surface area contributed by atoms with Crippen molar-refractivity contribution in [2.24, 2.45) is 0 Å². The molecular formula is C6F15N. The van der Waals surface area contributed by atoms with Gasteiger partial charge in [-0.2, -0.15) is 65.9 Å². The Labute approximate surface area is 109 Å². The van der Waals surface area contributed by atoms with Crippen LogP contribution < -0.4 is 0 Å². The van der Waals surface area contributed by atoms with Crippen LogP contribution in [0.3, 0.4) is 0 Å². The van der Waals surface area contributed by atoms with Crippen LogP contribution in [0, 0.1) is 0 Å². The Morgan fingerprint density at radius 3 is 0.864 bits per heavy atom. The molecule has 0 atom stereocenters. The van der Waals surface area contributed by atoms with Crippen LogP contribution >= 0.6 is 0 Å². The number of rotatable bonds is 3. The lowest BCUT2D eigenvalue weighted by Crippen LogP contribution is -2.71. The first kappa shape index (κ1) is 20.9. The highest BCUT2D eigenvalue weighted by atomic mass is 19.4. The minimum Gasteiger partial charge on any atom is -0.191 e. The number of hydrogen-bond acceptors (Lipinski definition) is 1. The SMILES string of the molecule is FC(F)(F)N(C(F)(F)F)C(F)(F)C(F)(F)C(F)(F)C(F)(F)F. The molecule has 0 aliphatic rings. The summed E-state index contributed by atoms with van der Waals surface area (Å²) >= 11 is 0. The van der Waals surface area contributed by atoms with Crippen LogP contribution in [0.5, 0.6) is 0 Å². The Hall–Kier alpha value is -1.09. The largest absolute Gasteiger partial charge is 0.472 e.